The van der Waals surface area contributed by atoms with Gasteiger partial charge in [0, 0.05) is 24.2 Å². The molecule has 0 atom stereocenters. The molecule has 1 aromatic carbocycles. The molecule has 0 aromatic heterocycles. The molecule has 1 fully saturated rings. The van der Waals surface area contributed by atoms with Gasteiger partial charge in [0.25, 0.3) is 5.91 Å². The van der Waals surface area contributed by atoms with Crippen molar-refractivity contribution >= 4 is 12.1 Å². The number of carbonyl (C=O) groups is 1. The van der Waals surface area contributed by atoms with E-state index < -0.39 is 0 Å². The standard InChI is InChI=1S/C21H33N3O3/c1-20(2,3)16-11-15(12-17(19(16)26)21(4,5)6)13-22-23-18(25)14-24-7-9-27-10-8-24/h11-13,26H,7-10,14H2,1-6H3,(H,23,25)/b22-13+. The van der Waals surface area contributed by atoms with Crippen LogP contribution < -0.4 is 5.43 Å². The van der Waals surface area contributed by atoms with Gasteiger partial charge in [0.1, 0.15) is 5.75 Å². The summed E-state index contributed by atoms with van der Waals surface area (Å²) in [6, 6.07) is 3.87. The summed E-state index contributed by atoms with van der Waals surface area (Å²) in [6.07, 6.45) is 1.64. The fraction of sp³-hybridized carbons (Fsp3) is 0.619. The molecule has 2 N–H and O–H groups in total. The first-order valence-electron chi connectivity index (χ1n) is 9.48. The first-order chi connectivity index (χ1) is 12.5. The Morgan fingerprint density at radius 2 is 1.67 bits per heavy atom. The lowest BCUT2D eigenvalue weighted by molar-refractivity contribution is -0.123. The molecule has 0 radical (unpaired) electrons. The molecular weight excluding hydrogens is 342 g/mol. The van der Waals surface area contributed by atoms with Crippen LogP contribution in [0, 0.1) is 0 Å². The number of hydrazone groups is 1. The number of ether oxygens (including phenoxy) is 1. The van der Waals surface area contributed by atoms with Crippen LogP contribution >= 0.6 is 0 Å². The number of phenolic OH excluding ortho intramolecular Hbond substituents is 1. The van der Waals surface area contributed by atoms with Gasteiger partial charge in [-0.3, -0.25) is 9.69 Å². The van der Waals surface area contributed by atoms with Crippen LogP contribution in [0.4, 0.5) is 0 Å². The van der Waals surface area contributed by atoms with Crippen LogP contribution in [0.3, 0.4) is 0 Å². The van der Waals surface area contributed by atoms with Crippen LogP contribution in [-0.2, 0) is 20.4 Å². The average Bonchev–Trinajstić information content (AvgIpc) is 2.55. The fourth-order valence-electron chi connectivity index (χ4n) is 3.05. The first kappa shape index (κ1) is 21.4. The summed E-state index contributed by atoms with van der Waals surface area (Å²) in [5, 5.41) is 14.9. The molecule has 1 aliphatic rings. The Morgan fingerprint density at radius 1 is 1.15 bits per heavy atom. The number of morpholine rings is 1. The molecule has 1 aromatic rings. The van der Waals surface area contributed by atoms with Gasteiger partial charge in [0.2, 0.25) is 0 Å². The van der Waals surface area contributed by atoms with Gasteiger partial charge in [0.05, 0.1) is 26.0 Å². The molecule has 27 heavy (non-hydrogen) atoms. The normalized spacial score (nSPS) is 16.7. The number of benzene rings is 1. The highest BCUT2D eigenvalue weighted by Crippen LogP contribution is 2.39. The zero-order valence-electron chi connectivity index (χ0n) is 17.4. The molecular formula is C21H33N3O3. The maximum absolute atomic E-state index is 12.1. The van der Waals surface area contributed by atoms with Gasteiger partial charge in [-0.25, -0.2) is 5.43 Å². The van der Waals surface area contributed by atoms with Crippen molar-refractivity contribution in [1.29, 1.82) is 0 Å². The Kier molecular flexibility index (Phi) is 6.65. The van der Waals surface area contributed by atoms with Crippen molar-refractivity contribution in [3.8, 4) is 5.75 Å². The van der Waals surface area contributed by atoms with Crippen molar-refractivity contribution in [1.82, 2.24) is 10.3 Å². The maximum atomic E-state index is 12.1. The van der Waals surface area contributed by atoms with E-state index in [9.17, 15) is 9.90 Å². The second kappa shape index (κ2) is 8.40. The highest BCUT2D eigenvalue weighted by Gasteiger charge is 2.26. The molecule has 2 rings (SSSR count). The molecule has 0 unspecified atom stereocenters. The summed E-state index contributed by atoms with van der Waals surface area (Å²) >= 11 is 0. The van der Waals surface area contributed by atoms with Gasteiger partial charge in [0.15, 0.2) is 0 Å². The zero-order chi connectivity index (χ0) is 20.2. The third kappa shape index (κ3) is 6.04. The largest absolute Gasteiger partial charge is 0.507 e. The zero-order valence-corrected chi connectivity index (χ0v) is 17.4. The summed E-state index contributed by atoms with van der Waals surface area (Å²) < 4.78 is 5.28. The lowest BCUT2D eigenvalue weighted by Gasteiger charge is -2.27. The van der Waals surface area contributed by atoms with Crippen LogP contribution in [0.15, 0.2) is 17.2 Å². The summed E-state index contributed by atoms with van der Waals surface area (Å²) in [4.78, 5) is 14.1. The topological polar surface area (TPSA) is 74.2 Å². The van der Waals surface area contributed by atoms with Crippen molar-refractivity contribution < 1.29 is 14.6 Å². The molecule has 0 saturated carbocycles. The van der Waals surface area contributed by atoms with Gasteiger partial charge in [-0.1, -0.05) is 41.5 Å². The van der Waals surface area contributed by atoms with E-state index in [-0.39, 0.29) is 16.7 Å². The predicted octanol–water partition coefficient (Wildman–Crippen LogP) is 2.77. The van der Waals surface area contributed by atoms with E-state index in [2.05, 4.69) is 52.1 Å². The van der Waals surface area contributed by atoms with Crippen LogP contribution in [-0.4, -0.2) is 55.0 Å². The second-order valence-corrected chi connectivity index (χ2v) is 9.15. The van der Waals surface area contributed by atoms with Gasteiger partial charge < -0.3 is 9.84 Å². The Bertz CT molecular complexity index is 659. The molecule has 150 valence electrons. The highest BCUT2D eigenvalue weighted by molar-refractivity contribution is 5.84. The minimum absolute atomic E-state index is 0.140. The minimum Gasteiger partial charge on any atom is -0.507 e. The predicted molar refractivity (Wildman–Crippen MR) is 109 cm³/mol. The smallest absolute Gasteiger partial charge is 0.254 e. The number of hydrogen-bond donors (Lipinski definition) is 2. The molecule has 0 aliphatic carbocycles. The van der Waals surface area contributed by atoms with Crippen molar-refractivity contribution in [2.45, 2.75) is 52.4 Å². The number of phenols is 1. The average molecular weight is 376 g/mol. The summed E-state index contributed by atoms with van der Waals surface area (Å²) in [5.41, 5.74) is 4.79. The quantitative estimate of drug-likeness (QED) is 0.627. The molecule has 6 heteroatoms. The number of nitrogens with zero attached hydrogens (tertiary/aromatic N) is 2. The molecule has 1 amide bonds. The Balaban J connectivity index is 2.15. The van der Waals surface area contributed by atoms with Gasteiger partial charge in [-0.15, -0.1) is 0 Å². The third-order valence-electron chi connectivity index (χ3n) is 4.62. The number of amides is 1. The lowest BCUT2D eigenvalue weighted by Crippen LogP contribution is -2.42. The summed E-state index contributed by atoms with van der Waals surface area (Å²) in [5.74, 6) is 0.197. The van der Waals surface area contributed by atoms with Gasteiger partial charge in [-0.2, -0.15) is 5.10 Å². The van der Waals surface area contributed by atoms with E-state index in [1.54, 1.807) is 6.21 Å². The van der Waals surface area contributed by atoms with E-state index in [1.807, 2.05) is 17.0 Å². The molecule has 1 aliphatic heterocycles. The number of rotatable bonds is 4. The van der Waals surface area contributed by atoms with Crippen molar-refractivity contribution in [3.63, 3.8) is 0 Å². The second-order valence-electron chi connectivity index (χ2n) is 9.15. The van der Waals surface area contributed by atoms with Crippen molar-refractivity contribution in [2.24, 2.45) is 5.10 Å². The SMILES string of the molecule is CC(C)(C)c1cc(/C=N/NC(=O)CN2CCOCC2)cc(C(C)(C)C)c1O. The molecule has 1 heterocycles. The third-order valence-corrected chi connectivity index (χ3v) is 4.62. The van der Waals surface area contributed by atoms with Gasteiger partial charge >= 0.3 is 0 Å². The number of aromatic hydroxyl groups is 1. The number of nitrogens with one attached hydrogen (secondary N) is 1. The van der Waals surface area contributed by atoms with Crippen molar-refractivity contribution in [2.75, 3.05) is 32.8 Å². The van der Waals surface area contributed by atoms with Gasteiger partial charge in [-0.05, 0) is 28.5 Å². The minimum atomic E-state index is -0.201. The van der Waals surface area contributed by atoms with E-state index in [4.69, 9.17) is 4.74 Å². The lowest BCUT2D eigenvalue weighted by atomic mass is 9.78. The first-order valence-corrected chi connectivity index (χ1v) is 9.48. The molecule has 0 bridgehead atoms. The van der Waals surface area contributed by atoms with Crippen LogP contribution in [0.1, 0.15) is 58.2 Å². The Hall–Kier alpha value is -1.92. The van der Waals surface area contributed by atoms with E-state index >= 15 is 0 Å². The molecule has 6 nitrogen and oxygen atoms in total. The number of carbonyl (C=O) groups excluding carboxylic acids is 1. The Labute approximate surface area is 162 Å². The van der Waals surface area contributed by atoms with Crippen LogP contribution in [0.25, 0.3) is 0 Å². The summed E-state index contributed by atoms with van der Waals surface area (Å²) in [7, 11) is 0. The monoisotopic (exact) mass is 375 g/mol. The van der Waals surface area contributed by atoms with E-state index in [0.717, 1.165) is 29.8 Å². The van der Waals surface area contributed by atoms with Crippen LogP contribution in [0.5, 0.6) is 5.75 Å². The van der Waals surface area contributed by atoms with E-state index in [1.165, 1.54) is 0 Å². The van der Waals surface area contributed by atoms with E-state index in [0.29, 0.717) is 25.5 Å². The number of hydrogen-bond acceptors (Lipinski definition) is 5. The van der Waals surface area contributed by atoms with Crippen LogP contribution in [0.2, 0.25) is 0 Å². The Morgan fingerprint density at radius 3 is 2.15 bits per heavy atom. The van der Waals surface area contributed by atoms with Crippen molar-refractivity contribution in [3.05, 3.63) is 28.8 Å². The fourth-order valence-corrected chi connectivity index (χ4v) is 3.05. The molecule has 1 saturated heterocycles. The maximum Gasteiger partial charge on any atom is 0.254 e. The summed E-state index contributed by atoms with van der Waals surface area (Å²) in [6.45, 7) is 15.6. The molecule has 0 spiro atoms. The highest BCUT2D eigenvalue weighted by atomic mass is 16.5.